The van der Waals surface area contributed by atoms with Crippen LogP contribution in [0.3, 0.4) is 0 Å². The highest BCUT2D eigenvalue weighted by molar-refractivity contribution is 7.26. The van der Waals surface area contributed by atoms with Gasteiger partial charge in [0.05, 0.1) is 11.4 Å². The Morgan fingerprint density at radius 2 is 0.796 bits per heavy atom. The Hall–Kier alpha value is -6.74. The molecule has 0 aliphatic rings. The lowest BCUT2D eigenvalue weighted by atomic mass is 9.95. The number of anilines is 3. The zero-order chi connectivity index (χ0) is 35.8. The number of rotatable bonds is 7. The fraction of sp³-hybridized carbons (Fsp3) is 0. The summed E-state index contributed by atoms with van der Waals surface area (Å²) in [4.78, 5) is 2.47. The minimum Gasteiger partial charge on any atom is -0.309 e. The third kappa shape index (κ3) is 5.74. The Morgan fingerprint density at radius 1 is 0.296 bits per heavy atom. The standard InChI is InChI=1S/C52H35NS/c1-3-13-36(14-4-1)38-25-28-41(29-26-38)46-20-11-23-49-51(46)52-48(22-12-24-50(52)54-49)53(47-21-10-9-19-45(47)40-16-5-2-6-17-40)44-33-31-39(32-34-44)43-30-27-37-15-7-8-18-42(37)35-43/h1-35H. The molecule has 1 aromatic heterocycles. The Kier molecular flexibility index (Phi) is 8.09. The largest absolute Gasteiger partial charge is 0.309 e. The van der Waals surface area contributed by atoms with E-state index in [2.05, 4.69) is 217 Å². The summed E-state index contributed by atoms with van der Waals surface area (Å²) in [6.45, 7) is 0. The van der Waals surface area contributed by atoms with Gasteiger partial charge < -0.3 is 4.90 Å². The van der Waals surface area contributed by atoms with E-state index in [4.69, 9.17) is 0 Å². The Balaban J connectivity index is 1.17. The second-order valence-corrected chi connectivity index (χ2v) is 14.8. The maximum atomic E-state index is 2.47. The topological polar surface area (TPSA) is 3.24 Å². The molecule has 0 spiro atoms. The number of benzene rings is 9. The fourth-order valence-corrected chi connectivity index (χ4v) is 9.01. The molecule has 2 heteroatoms. The van der Waals surface area contributed by atoms with Crippen molar-refractivity contribution in [1.82, 2.24) is 0 Å². The predicted molar refractivity (Wildman–Crippen MR) is 233 cm³/mol. The molecule has 0 aliphatic carbocycles. The van der Waals surface area contributed by atoms with Crippen LogP contribution in [0.4, 0.5) is 17.1 Å². The van der Waals surface area contributed by atoms with Crippen LogP contribution in [-0.2, 0) is 0 Å². The fourth-order valence-electron chi connectivity index (χ4n) is 7.86. The first-order chi connectivity index (χ1) is 26.8. The number of hydrogen-bond donors (Lipinski definition) is 0. The predicted octanol–water partition coefficient (Wildman–Crippen LogP) is 15.3. The van der Waals surface area contributed by atoms with Gasteiger partial charge in [0.2, 0.25) is 0 Å². The SMILES string of the molecule is c1ccc(-c2ccc(-c3cccc4sc5cccc(N(c6ccc(-c7ccc8ccccc8c7)cc6)c6ccccc6-c6ccccc6)c5c34)cc2)cc1. The molecular weight excluding hydrogens is 671 g/mol. The van der Waals surface area contributed by atoms with Gasteiger partial charge in [0.15, 0.2) is 0 Å². The molecule has 1 nitrogen and oxygen atoms in total. The maximum absolute atomic E-state index is 2.47. The Bertz CT molecular complexity index is 2910. The monoisotopic (exact) mass is 705 g/mol. The van der Waals surface area contributed by atoms with Crippen molar-refractivity contribution < 1.29 is 0 Å². The summed E-state index contributed by atoms with van der Waals surface area (Å²) >= 11 is 1.87. The van der Waals surface area contributed by atoms with Crippen molar-refractivity contribution in [2.45, 2.75) is 0 Å². The molecule has 0 N–H and O–H groups in total. The van der Waals surface area contributed by atoms with E-state index in [1.165, 1.54) is 75.5 Å². The Morgan fingerprint density at radius 3 is 1.57 bits per heavy atom. The van der Waals surface area contributed by atoms with E-state index in [0.29, 0.717) is 0 Å². The highest BCUT2D eigenvalue weighted by Gasteiger charge is 2.22. The molecule has 10 rings (SSSR count). The van der Waals surface area contributed by atoms with Gasteiger partial charge in [-0.2, -0.15) is 0 Å². The van der Waals surface area contributed by atoms with E-state index in [0.717, 1.165) is 17.1 Å². The van der Waals surface area contributed by atoms with E-state index in [1.807, 2.05) is 11.3 Å². The van der Waals surface area contributed by atoms with Gasteiger partial charge in [0, 0.05) is 31.4 Å². The van der Waals surface area contributed by atoms with Gasteiger partial charge in [0.25, 0.3) is 0 Å². The first-order valence-corrected chi connectivity index (χ1v) is 19.2. The number of fused-ring (bicyclic) bond motifs is 4. The van der Waals surface area contributed by atoms with Crippen molar-refractivity contribution in [3.63, 3.8) is 0 Å². The molecule has 1 heterocycles. The molecule has 0 aliphatic heterocycles. The molecule has 9 aromatic carbocycles. The number of nitrogens with zero attached hydrogens (tertiary/aromatic N) is 1. The summed E-state index contributed by atoms with van der Waals surface area (Å²) in [5.41, 5.74) is 13.1. The van der Waals surface area contributed by atoms with Crippen molar-refractivity contribution in [2.75, 3.05) is 4.90 Å². The van der Waals surface area contributed by atoms with Gasteiger partial charge in [0.1, 0.15) is 0 Å². The normalized spacial score (nSPS) is 11.3. The van der Waals surface area contributed by atoms with Crippen LogP contribution in [0.25, 0.3) is 75.5 Å². The molecule has 0 bridgehead atoms. The highest BCUT2D eigenvalue weighted by Crippen LogP contribution is 2.49. The van der Waals surface area contributed by atoms with E-state index in [1.54, 1.807) is 0 Å². The van der Waals surface area contributed by atoms with Crippen LogP contribution < -0.4 is 4.90 Å². The lowest BCUT2D eigenvalue weighted by Crippen LogP contribution is -2.11. The molecule has 54 heavy (non-hydrogen) atoms. The summed E-state index contributed by atoms with van der Waals surface area (Å²) in [5.74, 6) is 0. The lowest BCUT2D eigenvalue weighted by Gasteiger charge is -2.29. The summed E-state index contributed by atoms with van der Waals surface area (Å²) in [6.07, 6.45) is 0. The van der Waals surface area contributed by atoms with E-state index in [9.17, 15) is 0 Å². The maximum Gasteiger partial charge on any atom is 0.0555 e. The zero-order valence-corrected chi connectivity index (χ0v) is 30.4. The van der Waals surface area contributed by atoms with Gasteiger partial charge in [-0.15, -0.1) is 11.3 Å². The van der Waals surface area contributed by atoms with Crippen molar-refractivity contribution in [3.05, 3.63) is 212 Å². The smallest absolute Gasteiger partial charge is 0.0555 e. The van der Waals surface area contributed by atoms with Crippen LogP contribution in [0.15, 0.2) is 212 Å². The van der Waals surface area contributed by atoms with Gasteiger partial charge in [-0.3, -0.25) is 0 Å². The van der Waals surface area contributed by atoms with Gasteiger partial charge in [-0.1, -0.05) is 170 Å². The minimum absolute atomic E-state index is 1.11. The number of para-hydroxylation sites is 1. The van der Waals surface area contributed by atoms with Crippen molar-refractivity contribution >= 4 is 59.3 Å². The zero-order valence-electron chi connectivity index (χ0n) is 29.6. The molecule has 0 amide bonds. The quantitative estimate of drug-likeness (QED) is 0.160. The van der Waals surface area contributed by atoms with Crippen molar-refractivity contribution in [3.8, 4) is 44.5 Å². The second kappa shape index (κ2) is 13.7. The van der Waals surface area contributed by atoms with Crippen LogP contribution in [0, 0.1) is 0 Å². The second-order valence-electron chi connectivity index (χ2n) is 13.7. The van der Waals surface area contributed by atoms with Crippen molar-refractivity contribution in [1.29, 1.82) is 0 Å². The summed E-state index contributed by atoms with van der Waals surface area (Å²) in [6, 6.07) is 77.1. The summed E-state index contributed by atoms with van der Waals surface area (Å²) < 4.78 is 2.55. The van der Waals surface area contributed by atoms with E-state index < -0.39 is 0 Å². The lowest BCUT2D eigenvalue weighted by molar-refractivity contribution is 1.30. The van der Waals surface area contributed by atoms with Crippen LogP contribution >= 0.6 is 11.3 Å². The van der Waals surface area contributed by atoms with Crippen molar-refractivity contribution in [2.24, 2.45) is 0 Å². The first-order valence-electron chi connectivity index (χ1n) is 18.4. The first kappa shape index (κ1) is 32.0. The Labute approximate surface area is 319 Å². The van der Waals surface area contributed by atoms with Crippen LogP contribution in [-0.4, -0.2) is 0 Å². The average Bonchev–Trinajstić information content (AvgIpc) is 3.65. The van der Waals surface area contributed by atoms with Gasteiger partial charge in [-0.25, -0.2) is 0 Å². The average molecular weight is 706 g/mol. The highest BCUT2D eigenvalue weighted by atomic mass is 32.1. The van der Waals surface area contributed by atoms with Gasteiger partial charge in [-0.05, 0) is 92.2 Å². The molecule has 0 saturated carbocycles. The third-order valence-corrected chi connectivity index (χ3v) is 11.6. The number of hydrogen-bond acceptors (Lipinski definition) is 2. The minimum atomic E-state index is 1.11. The summed E-state index contributed by atoms with van der Waals surface area (Å²) in [5, 5.41) is 5.06. The van der Waals surface area contributed by atoms with E-state index in [-0.39, 0.29) is 0 Å². The third-order valence-electron chi connectivity index (χ3n) is 10.5. The molecular formula is C52H35NS. The molecule has 0 atom stereocenters. The molecule has 0 radical (unpaired) electrons. The van der Waals surface area contributed by atoms with Gasteiger partial charge >= 0.3 is 0 Å². The summed E-state index contributed by atoms with van der Waals surface area (Å²) in [7, 11) is 0. The molecule has 0 fully saturated rings. The van der Waals surface area contributed by atoms with Crippen LogP contribution in [0.1, 0.15) is 0 Å². The van der Waals surface area contributed by atoms with Crippen LogP contribution in [0.5, 0.6) is 0 Å². The van der Waals surface area contributed by atoms with Crippen LogP contribution in [0.2, 0.25) is 0 Å². The molecule has 10 aromatic rings. The molecule has 254 valence electrons. The number of thiophene rings is 1. The van der Waals surface area contributed by atoms with E-state index >= 15 is 0 Å². The molecule has 0 unspecified atom stereocenters. The molecule has 0 saturated heterocycles.